The molecule has 12 heteroatoms. The minimum Gasteiger partial charge on any atom is -0.421 e. The van der Waals surface area contributed by atoms with Crippen LogP contribution in [-0.4, -0.2) is 28.9 Å². The van der Waals surface area contributed by atoms with Crippen LogP contribution in [0.25, 0.3) is 0 Å². The zero-order valence-corrected chi connectivity index (χ0v) is 24.4. The summed E-state index contributed by atoms with van der Waals surface area (Å²) >= 11 is 6.80. The number of non-ortho nitro benzene ring substituents is 1. The number of hydrogen-bond acceptors (Lipinski definition) is 7. The average Bonchev–Trinajstić information content (AvgIpc) is 2.94. The van der Waals surface area contributed by atoms with Gasteiger partial charge >= 0.3 is 5.97 Å². The maximum absolute atomic E-state index is 12.8. The van der Waals surface area contributed by atoms with Crippen molar-refractivity contribution in [1.82, 2.24) is 5.43 Å². The number of ether oxygens (including phenoxy) is 1. The van der Waals surface area contributed by atoms with Crippen molar-refractivity contribution >= 4 is 67.2 Å². The summed E-state index contributed by atoms with van der Waals surface area (Å²) in [6, 6.07) is 21.7. The van der Waals surface area contributed by atoms with Gasteiger partial charge in [-0.15, -0.1) is 0 Å². The maximum atomic E-state index is 12.8. The molecule has 0 radical (unpaired) electrons. The van der Waals surface area contributed by atoms with E-state index in [0.29, 0.717) is 25.8 Å². The lowest BCUT2D eigenvalue weighted by Gasteiger charge is -2.11. The third-order valence-corrected chi connectivity index (χ3v) is 6.63. The minimum atomic E-state index is -0.556. The molecule has 0 atom stereocenters. The number of esters is 1. The highest BCUT2D eigenvalue weighted by Gasteiger charge is 2.16. The van der Waals surface area contributed by atoms with Gasteiger partial charge in [-0.2, -0.15) is 5.10 Å². The Morgan fingerprint density at radius 2 is 1.59 bits per heavy atom. The van der Waals surface area contributed by atoms with E-state index < -0.39 is 22.7 Å². The number of hydrogen-bond donors (Lipinski definition) is 2. The largest absolute Gasteiger partial charge is 0.421 e. The molecule has 0 saturated carbocycles. The molecule has 0 fully saturated rings. The third-order valence-electron chi connectivity index (χ3n) is 5.58. The van der Waals surface area contributed by atoms with Crippen molar-refractivity contribution in [3.8, 4) is 5.75 Å². The second-order valence-electron chi connectivity index (χ2n) is 8.60. The molecule has 4 aromatic carbocycles. The number of anilines is 1. The average molecular weight is 680 g/mol. The number of carbonyl (C=O) groups is 3. The Morgan fingerprint density at radius 3 is 2.29 bits per heavy atom. The third kappa shape index (κ3) is 7.71. The molecule has 0 heterocycles. The fraction of sp³-hybridized carbons (Fsp3) is 0.0345. The molecule has 0 aliphatic heterocycles. The molecular formula is C29H20Br2N4O6. The van der Waals surface area contributed by atoms with Gasteiger partial charge in [-0.1, -0.05) is 39.7 Å². The number of nitro benzene ring substituents is 1. The van der Waals surface area contributed by atoms with Crippen LogP contribution in [-0.2, 0) is 0 Å². The minimum absolute atomic E-state index is 0.132. The molecule has 0 bridgehead atoms. The van der Waals surface area contributed by atoms with Crippen molar-refractivity contribution in [2.45, 2.75) is 6.92 Å². The monoisotopic (exact) mass is 678 g/mol. The lowest BCUT2D eigenvalue weighted by Crippen LogP contribution is -2.18. The van der Waals surface area contributed by atoms with Gasteiger partial charge in [0.1, 0.15) is 0 Å². The number of rotatable bonds is 8. The molecule has 10 nitrogen and oxygen atoms in total. The lowest BCUT2D eigenvalue weighted by atomic mass is 10.1. The summed E-state index contributed by atoms with van der Waals surface area (Å²) in [5, 5.41) is 17.5. The molecule has 0 spiro atoms. The molecule has 41 heavy (non-hydrogen) atoms. The predicted molar refractivity (Wildman–Crippen MR) is 161 cm³/mol. The van der Waals surface area contributed by atoms with Gasteiger partial charge in [0.25, 0.3) is 17.5 Å². The van der Waals surface area contributed by atoms with Crippen LogP contribution in [0, 0.1) is 17.0 Å². The normalized spacial score (nSPS) is 10.7. The summed E-state index contributed by atoms with van der Waals surface area (Å²) < 4.78 is 6.82. The Labute approximate surface area is 250 Å². The highest BCUT2D eigenvalue weighted by molar-refractivity contribution is 9.11. The quantitative estimate of drug-likeness (QED) is 0.0702. The number of nitrogens with one attached hydrogen (secondary N) is 2. The molecule has 0 aliphatic carbocycles. The van der Waals surface area contributed by atoms with Crippen LogP contribution in [0.2, 0.25) is 0 Å². The number of carbonyl (C=O) groups excluding carboxylic acids is 3. The van der Waals surface area contributed by atoms with Crippen molar-refractivity contribution < 1.29 is 24.0 Å². The van der Waals surface area contributed by atoms with Gasteiger partial charge in [0.2, 0.25) is 0 Å². The molecule has 0 aromatic heterocycles. The maximum Gasteiger partial charge on any atom is 0.343 e. The van der Waals surface area contributed by atoms with Crippen molar-refractivity contribution in [2.24, 2.45) is 5.10 Å². The second-order valence-corrected chi connectivity index (χ2v) is 10.4. The van der Waals surface area contributed by atoms with Crippen LogP contribution in [0.5, 0.6) is 5.75 Å². The van der Waals surface area contributed by atoms with Gasteiger partial charge in [0.05, 0.1) is 21.2 Å². The van der Waals surface area contributed by atoms with E-state index in [1.807, 2.05) is 13.0 Å². The molecular weight excluding hydrogens is 660 g/mol. The number of nitro groups is 1. The topological polar surface area (TPSA) is 140 Å². The summed E-state index contributed by atoms with van der Waals surface area (Å²) in [6.45, 7) is 1.87. The Bertz CT molecular complexity index is 1690. The zero-order valence-electron chi connectivity index (χ0n) is 21.3. The van der Waals surface area contributed by atoms with E-state index in [1.165, 1.54) is 42.6 Å². The summed E-state index contributed by atoms with van der Waals surface area (Å²) in [6.07, 6.45) is 1.34. The molecule has 4 aromatic rings. The van der Waals surface area contributed by atoms with Crippen LogP contribution in [0.1, 0.15) is 42.2 Å². The molecule has 2 amide bonds. The summed E-state index contributed by atoms with van der Waals surface area (Å²) in [7, 11) is 0. The van der Waals surface area contributed by atoms with Gasteiger partial charge < -0.3 is 10.1 Å². The number of halogens is 2. The standard InChI is InChI=1S/C29H20Br2N4O6/c1-17-4-2-6-20(12-17)29(38)41-26-21(13-22(30)15-25(26)31)16-32-34-28(37)19-5-3-7-23(14-19)33-27(36)18-8-10-24(11-9-18)35(39)40/h2-16H,1H3,(H,33,36)(H,34,37). The Morgan fingerprint density at radius 1 is 0.878 bits per heavy atom. The van der Waals surface area contributed by atoms with E-state index in [4.69, 9.17) is 4.74 Å². The van der Waals surface area contributed by atoms with E-state index in [1.54, 1.807) is 42.5 Å². The number of aryl methyl sites for hydroxylation is 1. The first-order valence-corrected chi connectivity index (χ1v) is 13.5. The van der Waals surface area contributed by atoms with Crippen molar-refractivity contribution in [1.29, 1.82) is 0 Å². The fourth-order valence-electron chi connectivity index (χ4n) is 3.61. The SMILES string of the molecule is Cc1cccc(C(=O)Oc2c(Br)cc(Br)cc2C=NNC(=O)c2cccc(NC(=O)c3ccc([N+](=O)[O-])cc3)c2)c1. The molecule has 0 saturated heterocycles. The highest BCUT2D eigenvalue weighted by Crippen LogP contribution is 2.32. The first-order chi connectivity index (χ1) is 19.6. The number of hydrazone groups is 1. The van der Waals surface area contributed by atoms with E-state index >= 15 is 0 Å². The Kier molecular flexibility index (Phi) is 9.37. The smallest absolute Gasteiger partial charge is 0.343 e. The summed E-state index contributed by atoms with van der Waals surface area (Å²) in [5.41, 5.74) is 4.77. The molecule has 4 rings (SSSR count). The molecule has 2 N–H and O–H groups in total. The second kappa shape index (κ2) is 13.1. The summed E-state index contributed by atoms with van der Waals surface area (Å²) in [4.78, 5) is 48.3. The number of nitrogens with zero attached hydrogens (tertiary/aromatic N) is 2. The number of amides is 2. The predicted octanol–water partition coefficient (Wildman–Crippen LogP) is 6.66. The van der Waals surface area contributed by atoms with Gasteiger partial charge in [-0.25, -0.2) is 10.2 Å². The van der Waals surface area contributed by atoms with Gasteiger partial charge in [0.15, 0.2) is 5.75 Å². The van der Waals surface area contributed by atoms with E-state index in [2.05, 4.69) is 47.7 Å². The molecule has 206 valence electrons. The van der Waals surface area contributed by atoms with Gasteiger partial charge in [0, 0.05) is 39.0 Å². The van der Waals surface area contributed by atoms with Crippen LogP contribution in [0.3, 0.4) is 0 Å². The van der Waals surface area contributed by atoms with Crippen molar-refractivity contribution in [2.75, 3.05) is 5.32 Å². The first kappa shape index (κ1) is 29.3. The van der Waals surface area contributed by atoms with Crippen LogP contribution in [0.4, 0.5) is 11.4 Å². The van der Waals surface area contributed by atoms with Crippen molar-refractivity contribution in [3.63, 3.8) is 0 Å². The van der Waals surface area contributed by atoms with Crippen molar-refractivity contribution in [3.05, 3.63) is 132 Å². The molecule has 0 aliphatic rings. The number of benzene rings is 4. The Balaban J connectivity index is 1.45. The van der Waals surface area contributed by atoms with Crippen LogP contribution < -0.4 is 15.5 Å². The van der Waals surface area contributed by atoms with E-state index in [0.717, 1.165) is 5.56 Å². The molecule has 0 unspecified atom stereocenters. The van der Waals surface area contributed by atoms with Crippen LogP contribution >= 0.6 is 31.9 Å². The van der Waals surface area contributed by atoms with Gasteiger partial charge in [-0.3, -0.25) is 19.7 Å². The Hall–Kier alpha value is -4.68. The van der Waals surface area contributed by atoms with Crippen LogP contribution in [0.15, 0.2) is 99.0 Å². The summed E-state index contributed by atoms with van der Waals surface area (Å²) in [5.74, 6) is -1.39. The van der Waals surface area contributed by atoms with E-state index in [9.17, 15) is 24.5 Å². The first-order valence-electron chi connectivity index (χ1n) is 11.9. The lowest BCUT2D eigenvalue weighted by molar-refractivity contribution is -0.384. The zero-order chi connectivity index (χ0) is 29.5. The highest BCUT2D eigenvalue weighted by atomic mass is 79.9. The van der Waals surface area contributed by atoms with Gasteiger partial charge in [-0.05, 0) is 77.5 Å². The fourth-order valence-corrected chi connectivity index (χ4v) is 4.95. The van der Waals surface area contributed by atoms with E-state index in [-0.39, 0.29) is 22.6 Å².